The van der Waals surface area contributed by atoms with Gasteiger partial charge in [-0.3, -0.25) is 9.59 Å². The van der Waals surface area contributed by atoms with Gasteiger partial charge in [-0.25, -0.2) is 0 Å². The zero-order valence-corrected chi connectivity index (χ0v) is 13.1. The lowest BCUT2D eigenvalue weighted by Crippen LogP contribution is -2.22. The van der Waals surface area contributed by atoms with Gasteiger partial charge in [-0.05, 0) is 44.5 Å². The minimum absolute atomic E-state index is 0.0236. The third-order valence-corrected chi connectivity index (χ3v) is 3.37. The maximum atomic E-state index is 12.0. The molecule has 0 saturated heterocycles. The molecule has 22 heavy (non-hydrogen) atoms. The molecule has 2 rings (SSSR count). The van der Waals surface area contributed by atoms with Crippen LogP contribution in [0.15, 0.2) is 42.5 Å². The van der Waals surface area contributed by atoms with Crippen molar-refractivity contribution < 1.29 is 9.59 Å². The van der Waals surface area contributed by atoms with Gasteiger partial charge in [0.05, 0.1) is 6.54 Å². The summed E-state index contributed by atoms with van der Waals surface area (Å²) in [4.78, 5) is 23.3. The van der Waals surface area contributed by atoms with Crippen molar-refractivity contribution in [2.45, 2.75) is 20.8 Å². The maximum absolute atomic E-state index is 12.0. The van der Waals surface area contributed by atoms with Gasteiger partial charge < -0.3 is 10.6 Å². The number of rotatable bonds is 5. The maximum Gasteiger partial charge on any atom is 0.243 e. The van der Waals surface area contributed by atoms with Crippen LogP contribution in [0.25, 0.3) is 0 Å². The summed E-state index contributed by atoms with van der Waals surface area (Å²) in [7, 11) is 0. The average Bonchev–Trinajstić information content (AvgIpc) is 2.46. The van der Waals surface area contributed by atoms with E-state index in [0.717, 1.165) is 11.3 Å². The molecule has 0 bridgehead atoms. The Labute approximate surface area is 130 Å². The van der Waals surface area contributed by atoms with E-state index in [4.69, 9.17) is 0 Å². The van der Waals surface area contributed by atoms with Gasteiger partial charge in [0, 0.05) is 16.9 Å². The molecule has 0 aromatic heterocycles. The van der Waals surface area contributed by atoms with Gasteiger partial charge >= 0.3 is 0 Å². The fraction of sp³-hybridized carbons (Fsp3) is 0.222. The Kier molecular flexibility index (Phi) is 4.94. The lowest BCUT2D eigenvalue weighted by Gasteiger charge is -2.11. The van der Waals surface area contributed by atoms with Crippen molar-refractivity contribution >= 4 is 23.1 Å². The second-order valence-corrected chi connectivity index (χ2v) is 5.36. The van der Waals surface area contributed by atoms with Gasteiger partial charge in [-0.2, -0.15) is 0 Å². The van der Waals surface area contributed by atoms with Gasteiger partial charge in [0.15, 0.2) is 5.78 Å². The first-order valence-electron chi connectivity index (χ1n) is 7.17. The molecule has 2 N–H and O–H groups in total. The molecule has 4 heteroatoms. The van der Waals surface area contributed by atoms with E-state index >= 15 is 0 Å². The highest BCUT2D eigenvalue weighted by molar-refractivity contribution is 5.98. The van der Waals surface area contributed by atoms with E-state index < -0.39 is 0 Å². The molecule has 0 saturated carbocycles. The summed E-state index contributed by atoms with van der Waals surface area (Å²) < 4.78 is 0. The van der Waals surface area contributed by atoms with Crippen LogP contribution in [0, 0.1) is 13.8 Å². The van der Waals surface area contributed by atoms with E-state index in [0.29, 0.717) is 11.3 Å². The lowest BCUT2D eigenvalue weighted by molar-refractivity contribution is -0.114. The molecule has 0 aliphatic heterocycles. The van der Waals surface area contributed by atoms with Crippen LogP contribution in [-0.2, 0) is 4.79 Å². The van der Waals surface area contributed by atoms with Crippen LogP contribution in [-0.4, -0.2) is 18.2 Å². The van der Waals surface area contributed by atoms with Gasteiger partial charge in [-0.15, -0.1) is 0 Å². The summed E-state index contributed by atoms with van der Waals surface area (Å²) in [6, 6.07) is 13.0. The van der Waals surface area contributed by atoms with E-state index in [9.17, 15) is 9.59 Å². The van der Waals surface area contributed by atoms with E-state index in [2.05, 4.69) is 16.7 Å². The number of ketones is 1. The summed E-state index contributed by atoms with van der Waals surface area (Å²) in [6.07, 6.45) is 0. The summed E-state index contributed by atoms with van der Waals surface area (Å²) in [6.45, 7) is 5.71. The predicted octanol–water partition coefficient (Wildman–Crippen LogP) is 3.56. The Morgan fingerprint density at radius 2 is 1.82 bits per heavy atom. The Morgan fingerprint density at radius 3 is 2.50 bits per heavy atom. The summed E-state index contributed by atoms with van der Waals surface area (Å²) in [5, 5.41) is 5.90. The van der Waals surface area contributed by atoms with Crippen LogP contribution in [0.1, 0.15) is 28.4 Å². The van der Waals surface area contributed by atoms with Crippen LogP contribution in [0.3, 0.4) is 0 Å². The molecule has 0 atom stereocenters. The highest BCUT2D eigenvalue weighted by Crippen LogP contribution is 2.16. The molecular formula is C18H20N2O2. The SMILES string of the molecule is CC(=O)c1cccc(NC(=O)CNc2ccc(C)cc2C)c1. The number of carbonyl (C=O) groups excluding carboxylic acids is 2. The number of nitrogens with one attached hydrogen (secondary N) is 2. The molecule has 0 radical (unpaired) electrons. The fourth-order valence-corrected chi connectivity index (χ4v) is 2.21. The number of carbonyl (C=O) groups is 2. The molecular weight excluding hydrogens is 276 g/mol. The minimum Gasteiger partial charge on any atom is -0.376 e. The van der Waals surface area contributed by atoms with E-state index in [1.165, 1.54) is 12.5 Å². The normalized spacial score (nSPS) is 10.1. The van der Waals surface area contributed by atoms with E-state index in [-0.39, 0.29) is 18.2 Å². The van der Waals surface area contributed by atoms with Crippen LogP contribution in [0.2, 0.25) is 0 Å². The quantitative estimate of drug-likeness (QED) is 0.829. The van der Waals surface area contributed by atoms with E-state index in [1.54, 1.807) is 24.3 Å². The lowest BCUT2D eigenvalue weighted by atomic mass is 10.1. The Balaban J connectivity index is 1.95. The molecule has 114 valence electrons. The second-order valence-electron chi connectivity index (χ2n) is 5.36. The van der Waals surface area contributed by atoms with Crippen molar-refractivity contribution in [2.24, 2.45) is 0 Å². The van der Waals surface area contributed by atoms with Crippen LogP contribution >= 0.6 is 0 Å². The molecule has 0 unspecified atom stereocenters. The van der Waals surface area contributed by atoms with Crippen molar-refractivity contribution in [3.63, 3.8) is 0 Å². The van der Waals surface area contributed by atoms with Gasteiger partial charge in [0.25, 0.3) is 0 Å². The van der Waals surface area contributed by atoms with Crippen molar-refractivity contribution in [1.29, 1.82) is 0 Å². The van der Waals surface area contributed by atoms with Gasteiger partial charge in [0.1, 0.15) is 0 Å². The Morgan fingerprint density at radius 1 is 1.05 bits per heavy atom. The number of aryl methyl sites for hydroxylation is 2. The van der Waals surface area contributed by atoms with Crippen LogP contribution in [0.5, 0.6) is 0 Å². The molecule has 4 nitrogen and oxygen atoms in total. The molecule has 0 spiro atoms. The molecule has 0 fully saturated rings. The summed E-state index contributed by atoms with van der Waals surface area (Å²) >= 11 is 0. The van der Waals surface area contributed by atoms with Gasteiger partial charge in [-0.1, -0.05) is 29.8 Å². The first kappa shape index (κ1) is 15.8. The molecule has 1 amide bonds. The van der Waals surface area contributed by atoms with Gasteiger partial charge in [0.2, 0.25) is 5.91 Å². The van der Waals surface area contributed by atoms with Crippen molar-refractivity contribution in [2.75, 3.05) is 17.2 Å². The standard InChI is InChI=1S/C18H20N2O2/c1-12-7-8-17(13(2)9-12)19-11-18(22)20-16-6-4-5-15(10-16)14(3)21/h4-10,19H,11H2,1-3H3,(H,20,22). The number of benzene rings is 2. The number of hydrogen-bond donors (Lipinski definition) is 2. The number of hydrogen-bond acceptors (Lipinski definition) is 3. The zero-order chi connectivity index (χ0) is 16.1. The summed E-state index contributed by atoms with van der Waals surface area (Å²) in [5.74, 6) is -0.176. The molecule has 0 aliphatic carbocycles. The Bertz CT molecular complexity index is 708. The minimum atomic E-state index is -0.152. The second kappa shape index (κ2) is 6.89. The monoisotopic (exact) mass is 296 g/mol. The number of Topliss-reactive ketones (excluding diaryl/α,β-unsaturated/α-hetero) is 1. The van der Waals surface area contributed by atoms with Crippen molar-refractivity contribution in [3.05, 3.63) is 59.2 Å². The molecule has 0 heterocycles. The van der Waals surface area contributed by atoms with Crippen LogP contribution < -0.4 is 10.6 Å². The first-order chi connectivity index (χ1) is 10.5. The highest BCUT2D eigenvalue weighted by atomic mass is 16.2. The average molecular weight is 296 g/mol. The smallest absolute Gasteiger partial charge is 0.243 e. The topological polar surface area (TPSA) is 58.2 Å². The fourth-order valence-electron chi connectivity index (χ4n) is 2.21. The number of amides is 1. The largest absolute Gasteiger partial charge is 0.376 e. The molecule has 2 aromatic carbocycles. The highest BCUT2D eigenvalue weighted by Gasteiger charge is 2.06. The third kappa shape index (κ3) is 4.19. The first-order valence-corrected chi connectivity index (χ1v) is 7.17. The molecule has 0 aliphatic rings. The number of anilines is 2. The zero-order valence-electron chi connectivity index (χ0n) is 13.1. The predicted molar refractivity (Wildman–Crippen MR) is 89.5 cm³/mol. The Hall–Kier alpha value is -2.62. The molecule has 2 aromatic rings. The third-order valence-electron chi connectivity index (χ3n) is 3.37. The van der Waals surface area contributed by atoms with Crippen molar-refractivity contribution in [3.8, 4) is 0 Å². The van der Waals surface area contributed by atoms with Crippen molar-refractivity contribution in [1.82, 2.24) is 0 Å². The summed E-state index contributed by atoms with van der Waals surface area (Å²) in [5.41, 5.74) is 4.44. The van der Waals surface area contributed by atoms with E-state index in [1.807, 2.05) is 26.0 Å². The van der Waals surface area contributed by atoms with Crippen LogP contribution in [0.4, 0.5) is 11.4 Å².